The van der Waals surface area contributed by atoms with Gasteiger partial charge in [0.25, 0.3) is 5.91 Å². The summed E-state index contributed by atoms with van der Waals surface area (Å²) in [6.45, 7) is 5.51. The third-order valence-corrected chi connectivity index (χ3v) is 6.12. The fraction of sp³-hybridized carbons (Fsp3) is 0.192. The fourth-order valence-corrected chi connectivity index (χ4v) is 4.42. The van der Waals surface area contributed by atoms with Crippen LogP contribution in [0.3, 0.4) is 0 Å². The highest BCUT2D eigenvalue weighted by Gasteiger charge is 2.21. The Balaban J connectivity index is 1.82. The monoisotopic (exact) mass is 491 g/mol. The van der Waals surface area contributed by atoms with E-state index in [-0.39, 0.29) is 11.1 Å². The van der Waals surface area contributed by atoms with Gasteiger partial charge < -0.3 is 9.73 Å². The molecule has 0 aliphatic heterocycles. The predicted octanol–water partition coefficient (Wildman–Crippen LogP) is 4.33. The van der Waals surface area contributed by atoms with E-state index < -0.39 is 22.0 Å². The molecule has 2 aromatic carbocycles. The topological polar surface area (TPSA) is 118 Å². The first kappa shape index (κ1) is 24.2. The molecular formula is C26H25N3O5S. The Morgan fingerprint density at radius 3 is 2.46 bits per heavy atom. The van der Waals surface area contributed by atoms with Crippen LogP contribution >= 0.6 is 0 Å². The molecule has 0 aliphatic carbocycles. The van der Waals surface area contributed by atoms with E-state index >= 15 is 0 Å². The van der Waals surface area contributed by atoms with E-state index in [1.165, 1.54) is 6.20 Å². The van der Waals surface area contributed by atoms with Crippen molar-refractivity contribution < 1.29 is 17.6 Å². The number of aromatic nitrogens is 1. The van der Waals surface area contributed by atoms with Gasteiger partial charge in [-0.25, -0.2) is 18.1 Å². The predicted molar refractivity (Wildman–Crippen MR) is 136 cm³/mol. The quantitative estimate of drug-likeness (QED) is 0.412. The second-order valence-electron chi connectivity index (χ2n) is 8.45. The number of hydrogen-bond donors (Lipinski definition) is 2. The molecule has 1 amide bonds. The Kier molecular flexibility index (Phi) is 6.45. The lowest BCUT2D eigenvalue weighted by Crippen LogP contribution is -2.30. The Morgan fingerprint density at radius 2 is 1.77 bits per heavy atom. The van der Waals surface area contributed by atoms with Gasteiger partial charge in [0.05, 0.1) is 23.4 Å². The van der Waals surface area contributed by atoms with Crippen LogP contribution in [0.15, 0.2) is 70.0 Å². The lowest BCUT2D eigenvalue weighted by atomic mass is 9.98. The number of rotatable bonds is 6. The molecule has 0 saturated heterocycles. The number of fused-ring (bicyclic) bond motifs is 1. The van der Waals surface area contributed by atoms with Gasteiger partial charge in [-0.1, -0.05) is 36.4 Å². The number of carbonyl (C=O) groups is 1. The van der Waals surface area contributed by atoms with Crippen LogP contribution in [0, 0.1) is 13.8 Å². The molecule has 0 spiro atoms. The van der Waals surface area contributed by atoms with Crippen molar-refractivity contribution in [3.8, 4) is 11.3 Å². The molecule has 35 heavy (non-hydrogen) atoms. The normalized spacial score (nSPS) is 12.3. The highest BCUT2D eigenvalue weighted by atomic mass is 32.2. The number of nitrogens with zero attached hydrogens (tertiary/aromatic N) is 1. The summed E-state index contributed by atoms with van der Waals surface area (Å²) in [6, 6.07) is 16.0. The van der Waals surface area contributed by atoms with Gasteiger partial charge in [-0.15, -0.1) is 0 Å². The lowest BCUT2D eigenvalue weighted by Gasteiger charge is -2.20. The number of hydrogen-bond acceptors (Lipinski definition) is 7. The van der Waals surface area contributed by atoms with Crippen LogP contribution in [-0.2, 0) is 10.0 Å². The summed E-state index contributed by atoms with van der Waals surface area (Å²) >= 11 is 0. The highest BCUT2D eigenvalue weighted by Crippen LogP contribution is 2.32. The van der Waals surface area contributed by atoms with Gasteiger partial charge >= 0.3 is 0 Å². The van der Waals surface area contributed by atoms with E-state index in [0.29, 0.717) is 33.5 Å². The van der Waals surface area contributed by atoms with Crippen LogP contribution in [0.5, 0.6) is 0 Å². The molecule has 0 bridgehead atoms. The molecule has 1 unspecified atom stereocenters. The lowest BCUT2D eigenvalue weighted by molar-refractivity contribution is 0.0977. The summed E-state index contributed by atoms with van der Waals surface area (Å²) in [5, 5.41) is 3.69. The van der Waals surface area contributed by atoms with Crippen LogP contribution in [0.1, 0.15) is 40.1 Å². The van der Waals surface area contributed by atoms with Crippen molar-refractivity contribution in [1.82, 2.24) is 9.71 Å². The molecule has 0 radical (unpaired) electrons. The second kappa shape index (κ2) is 9.34. The van der Waals surface area contributed by atoms with Gasteiger partial charge in [0.1, 0.15) is 11.3 Å². The van der Waals surface area contributed by atoms with Crippen molar-refractivity contribution in [3.63, 3.8) is 0 Å². The maximum absolute atomic E-state index is 13.3. The first-order chi connectivity index (χ1) is 16.5. The van der Waals surface area contributed by atoms with Crippen molar-refractivity contribution in [2.45, 2.75) is 26.8 Å². The maximum atomic E-state index is 13.3. The highest BCUT2D eigenvalue weighted by molar-refractivity contribution is 7.89. The number of sulfonamides is 1. The molecule has 2 heterocycles. The van der Waals surface area contributed by atoms with Crippen molar-refractivity contribution in [2.75, 3.05) is 11.6 Å². The average Bonchev–Trinajstić information content (AvgIpc) is 2.81. The summed E-state index contributed by atoms with van der Waals surface area (Å²) < 4.78 is 31.4. The number of carbonyl (C=O) groups excluding carboxylic acids is 1. The molecule has 4 aromatic rings. The molecule has 4 rings (SSSR count). The number of anilines is 1. The number of benzene rings is 2. The Bertz CT molecular complexity index is 1600. The van der Waals surface area contributed by atoms with Crippen LogP contribution < -0.4 is 15.5 Å². The molecule has 8 nitrogen and oxygen atoms in total. The molecule has 0 aliphatic rings. The minimum Gasteiger partial charge on any atom is -0.455 e. The summed E-state index contributed by atoms with van der Waals surface area (Å²) in [6.07, 6.45) is 2.31. The molecule has 2 N–H and O–H groups in total. The van der Waals surface area contributed by atoms with Crippen LogP contribution in [0.4, 0.5) is 5.69 Å². The molecular weight excluding hydrogens is 466 g/mol. The first-order valence-electron chi connectivity index (χ1n) is 10.9. The van der Waals surface area contributed by atoms with E-state index in [0.717, 1.165) is 17.4 Å². The van der Waals surface area contributed by atoms with E-state index in [2.05, 4.69) is 10.3 Å². The summed E-state index contributed by atoms with van der Waals surface area (Å²) in [7, 11) is -3.76. The zero-order chi connectivity index (χ0) is 25.3. The summed E-state index contributed by atoms with van der Waals surface area (Å²) in [5.74, 6) is -0.347. The van der Waals surface area contributed by atoms with Crippen molar-refractivity contribution in [3.05, 3.63) is 93.4 Å². The minimum absolute atomic E-state index is 0.0657. The summed E-state index contributed by atoms with van der Waals surface area (Å²) in [4.78, 5) is 29.8. The van der Waals surface area contributed by atoms with Crippen LogP contribution in [0.25, 0.3) is 22.3 Å². The zero-order valence-electron chi connectivity index (χ0n) is 19.7. The number of pyridine rings is 1. The van der Waals surface area contributed by atoms with Gasteiger partial charge in [0.15, 0.2) is 11.1 Å². The maximum Gasteiger partial charge on any atom is 0.285 e. The first-order valence-corrected chi connectivity index (χ1v) is 12.8. The Morgan fingerprint density at radius 1 is 1.06 bits per heavy atom. The van der Waals surface area contributed by atoms with E-state index in [1.54, 1.807) is 25.1 Å². The average molecular weight is 492 g/mol. The third-order valence-electron chi connectivity index (χ3n) is 5.57. The number of nitrogens with one attached hydrogen (secondary N) is 2. The standard InChI is InChI=1S/C26H25N3O5S/c1-15-13-19(17(3)28-21-11-8-12-27-22(21)26(31)29-35(4,32)33)25-20(14-15)23(30)16(2)24(34-25)18-9-6-5-7-10-18/h5-14,17,28H,1-4H3,(H,29,31). The number of aryl methyl sites for hydroxylation is 1. The molecule has 180 valence electrons. The molecule has 9 heteroatoms. The van der Waals surface area contributed by atoms with Gasteiger partial charge in [0.2, 0.25) is 10.0 Å². The third kappa shape index (κ3) is 5.09. The van der Waals surface area contributed by atoms with Crippen molar-refractivity contribution >= 4 is 32.6 Å². The summed E-state index contributed by atoms with van der Waals surface area (Å²) in [5.41, 5.74) is 3.51. The number of amides is 1. The van der Waals surface area contributed by atoms with Gasteiger partial charge in [-0.05, 0) is 44.5 Å². The second-order valence-corrected chi connectivity index (χ2v) is 10.2. The van der Waals surface area contributed by atoms with E-state index in [1.807, 2.05) is 55.0 Å². The zero-order valence-corrected chi connectivity index (χ0v) is 20.6. The molecule has 0 saturated carbocycles. The molecule has 2 aromatic heterocycles. The van der Waals surface area contributed by atoms with E-state index in [9.17, 15) is 18.0 Å². The minimum atomic E-state index is -3.76. The van der Waals surface area contributed by atoms with Crippen LogP contribution in [0.2, 0.25) is 0 Å². The SMILES string of the molecule is Cc1cc(C(C)Nc2cccnc2C(=O)NS(C)(=O)=O)c2oc(-c3ccccc3)c(C)c(=O)c2c1. The molecule has 0 fully saturated rings. The van der Waals surface area contributed by atoms with E-state index in [4.69, 9.17) is 4.42 Å². The fourth-order valence-electron chi connectivity index (χ4n) is 3.98. The Labute approximate surface area is 203 Å². The Hall–Kier alpha value is -3.98. The van der Waals surface area contributed by atoms with Gasteiger partial charge in [-0.3, -0.25) is 9.59 Å². The van der Waals surface area contributed by atoms with Crippen molar-refractivity contribution in [2.24, 2.45) is 0 Å². The van der Waals surface area contributed by atoms with Gasteiger partial charge in [-0.2, -0.15) is 0 Å². The van der Waals surface area contributed by atoms with Crippen LogP contribution in [-0.4, -0.2) is 25.6 Å². The van der Waals surface area contributed by atoms with Gasteiger partial charge in [0, 0.05) is 22.9 Å². The van der Waals surface area contributed by atoms with Crippen molar-refractivity contribution in [1.29, 1.82) is 0 Å². The smallest absolute Gasteiger partial charge is 0.285 e. The molecule has 1 atom stereocenters. The largest absolute Gasteiger partial charge is 0.455 e.